The zero-order valence-corrected chi connectivity index (χ0v) is 24.0. The molecule has 1 saturated heterocycles. The minimum atomic E-state index is 0.0199. The van der Waals surface area contributed by atoms with Crippen LogP contribution in [0.25, 0.3) is 11.8 Å². The van der Waals surface area contributed by atoms with E-state index in [-0.39, 0.29) is 18.0 Å². The third-order valence-electron chi connectivity index (χ3n) is 5.89. The molecule has 1 aliphatic rings. The van der Waals surface area contributed by atoms with Gasteiger partial charge in [-0.2, -0.15) is 0 Å². The number of aromatic nitrogens is 1. The van der Waals surface area contributed by atoms with Crippen LogP contribution in [-0.4, -0.2) is 32.6 Å². The van der Waals surface area contributed by atoms with Gasteiger partial charge in [-0.15, -0.1) is 0 Å². The van der Waals surface area contributed by atoms with Gasteiger partial charge in [0.2, 0.25) is 0 Å². The summed E-state index contributed by atoms with van der Waals surface area (Å²) in [6.45, 7) is 12.8. The van der Waals surface area contributed by atoms with Crippen LogP contribution in [-0.2, 0) is 11.4 Å². The molecule has 2 aromatic carbocycles. The predicted molar refractivity (Wildman–Crippen MR) is 154 cm³/mol. The molecule has 1 aromatic heterocycles. The van der Waals surface area contributed by atoms with Crippen molar-refractivity contribution in [2.75, 3.05) is 0 Å². The highest BCUT2D eigenvalue weighted by Gasteiger charge is 2.35. The van der Waals surface area contributed by atoms with Crippen molar-refractivity contribution in [3.05, 3.63) is 86.5 Å². The molecule has 36 heavy (non-hydrogen) atoms. The fraction of sp³-hybridized carbons (Fsp3) is 0.310. The molecule has 188 valence electrons. The number of carbonyl (C=O) groups is 1. The summed E-state index contributed by atoms with van der Waals surface area (Å²) < 4.78 is 9.23. The van der Waals surface area contributed by atoms with Crippen molar-refractivity contribution in [1.29, 1.82) is 0 Å². The van der Waals surface area contributed by atoms with Crippen molar-refractivity contribution >= 4 is 44.8 Å². The molecule has 4 rings (SSSR count). The van der Waals surface area contributed by atoms with E-state index in [1.54, 1.807) is 4.90 Å². The van der Waals surface area contributed by atoms with E-state index in [1.807, 2.05) is 70.2 Å². The molecule has 2 heterocycles. The van der Waals surface area contributed by atoms with Crippen LogP contribution in [0.3, 0.4) is 0 Å². The molecule has 0 spiro atoms. The van der Waals surface area contributed by atoms with Gasteiger partial charge in [0.05, 0.1) is 4.91 Å². The highest BCUT2D eigenvalue weighted by atomic mass is 79.9. The monoisotopic (exact) mass is 565 g/mol. The maximum Gasteiger partial charge on any atom is 0.266 e. The Morgan fingerprint density at radius 2 is 1.69 bits per heavy atom. The normalized spacial score (nSPS) is 16.2. The average molecular weight is 567 g/mol. The largest absolute Gasteiger partial charge is 0.489 e. The van der Waals surface area contributed by atoms with Crippen LogP contribution >= 0.6 is 27.7 Å². The highest BCUT2D eigenvalue weighted by molar-refractivity contribution is 9.10. The van der Waals surface area contributed by atoms with E-state index in [0.717, 1.165) is 43.6 Å². The SMILES string of the molecule is Cc1cc(/C=C2/SC(=NC(C)C)N(C(C)C)C2=O)c(C)n1-c1ccc(OCc2ccc(Br)cc2)cc1. The number of nitrogens with zero attached hydrogens (tertiary/aromatic N) is 3. The van der Waals surface area contributed by atoms with E-state index in [0.29, 0.717) is 11.5 Å². The number of hydrogen-bond acceptors (Lipinski definition) is 4. The number of ether oxygens (including phenoxy) is 1. The molecule has 0 saturated carbocycles. The number of amidine groups is 1. The van der Waals surface area contributed by atoms with Crippen molar-refractivity contribution in [2.45, 2.75) is 60.2 Å². The number of hydrogen-bond donors (Lipinski definition) is 0. The molecule has 0 unspecified atom stereocenters. The van der Waals surface area contributed by atoms with E-state index in [4.69, 9.17) is 4.74 Å². The van der Waals surface area contributed by atoms with Crippen LogP contribution in [0.4, 0.5) is 0 Å². The fourth-order valence-electron chi connectivity index (χ4n) is 4.16. The quantitative estimate of drug-likeness (QED) is 0.278. The van der Waals surface area contributed by atoms with Crippen LogP contribution < -0.4 is 4.74 Å². The first-order valence-electron chi connectivity index (χ1n) is 12.1. The van der Waals surface area contributed by atoms with E-state index >= 15 is 0 Å². The second kappa shape index (κ2) is 11.1. The summed E-state index contributed by atoms with van der Waals surface area (Å²) in [5.74, 6) is 0.844. The summed E-state index contributed by atoms with van der Waals surface area (Å²) in [4.78, 5) is 20.4. The minimum Gasteiger partial charge on any atom is -0.489 e. The zero-order valence-electron chi connectivity index (χ0n) is 21.6. The van der Waals surface area contributed by atoms with Gasteiger partial charge in [0.15, 0.2) is 5.17 Å². The molecule has 1 fully saturated rings. The third-order valence-corrected chi connectivity index (χ3v) is 7.42. The number of carbonyl (C=O) groups excluding carboxylic acids is 1. The Hall–Kier alpha value is -2.77. The lowest BCUT2D eigenvalue weighted by molar-refractivity contribution is -0.123. The number of benzene rings is 2. The molecule has 0 aliphatic carbocycles. The standard InChI is InChI=1S/C29H32BrN3O2S/c1-18(2)31-29-32(19(3)4)28(34)27(36-29)16-23-15-20(5)33(21(23)6)25-11-13-26(14-12-25)35-17-22-7-9-24(30)10-8-22/h7-16,18-19H,17H2,1-6H3/b27-16+,31-29?. The maximum atomic E-state index is 13.2. The first-order valence-corrected chi connectivity index (χ1v) is 13.7. The van der Waals surface area contributed by atoms with Crippen molar-refractivity contribution in [3.8, 4) is 11.4 Å². The first-order chi connectivity index (χ1) is 17.1. The predicted octanol–water partition coefficient (Wildman–Crippen LogP) is 7.52. The van der Waals surface area contributed by atoms with Gasteiger partial charge in [0, 0.05) is 33.6 Å². The number of amides is 1. The second-order valence-corrected chi connectivity index (χ2v) is 11.4. The number of halogens is 1. The summed E-state index contributed by atoms with van der Waals surface area (Å²) >= 11 is 4.92. The van der Waals surface area contributed by atoms with Gasteiger partial charge in [-0.25, -0.2) is 0 Å². The molecule has 1 aliphatic heterocycles. The van der Waals surface area contributed by atoms with Crippen LogP contribution in [0, 0.1) is 13.8 Å². The molecule has 0 atom stereocenters. The summed E-state index contributed by atoms with van der Waals surface area (Å²) in [5.41, 5.74) is 5.40. The van der Waals surface area contributed by atoms with Gasteiger partial charge in [-0.3, -0.25) is 14.7 Å². The number of thioether (sulfide) groups is 1. The lowest BCUT2D eigenvalue weighted by atomic mass is 10.2. The van der Waals surface area contributed by atoms with E-state index < -0.39 is 0 Å². The van der Waals surface area contributed by atoms with Gasteiger partial charge >= 0.3 is 0 Å². The van der Waals surface area contributed by atoms with E-state index in [9.17, 15) is 4.79 Å². The van der Waals surface area contributed by atoms with Crippen molar-refractivity contribution in [3.63, 3.8) is 0 Å². The number of rotatable bonds is 7. The van der Waals surface area contributed by atoms with Crippen LogP contribution in [0.5, 0.6) is 5.75 Å². The molecular weight excluding hydrogens is 534 g/mol. The summed E-state index contributed by atoms with van der Waals surface area (Å²) in [7, 11) is 0. The van der Waals surface area contributed by atoms with Crippen LogP contribution in [0.15, 0.2) is 69.0 Å². The Morgan fingerprint density at radius 1 is 1.03 bits per heavy atom. The van der Waals surface area contributed by atoms with Gasteiger partial charge < -0.3 is 9.30 Å². The topological polar surface area (TPSA) is 46.8 Å². The Morgan fingerprint density at radius 3 is 2.31 bits per heavy atom. The highest BCUT2D eigenvalue weighted by Crippen LogP contribution is 2.35. The summed E-state index contributed by atoms with van der Waals surface area (Å²) in [6.07, 6.45) is 2.00. The molecule has 7 heteroatoms. The van der Waals surface area contributed by atoms with E-state index in [2.05, 4.69) is 57.5 Å². The molecule has 3 aromatic rings. The van der Waals surface area contributed by atoms with Crippen LogP contribution in [0.2, 0.25) is 0 Å². The molecule has 1 amide bonds. The zero-order chi connectivity index (χ0) is 26.0. The smallest absolute Gasteiger partial charge is 0.266 e. The summed E-state index contributed by atoms with van der Waals surface area (Å²) in [6, 6.07) is 18.6. The van der Waals surface area contributed by atoms with Crippen LogP contribution in [0.1, 0.15) is 50.2 Å². The second-order valence-electron chi connectivity index (χ2n) is 9.46. The fourth-order valence-corrected chi connectivity index (χ4v) is 5.65. The Bertz CT molecular complexity index is 1310. The lowest BCUT2D eigenvalue weighted by Gasteiger charge is -2.20. The Kier molecular flexibility index (Phi) is 8.10. The van der Waals surface area contributed by atoms with Crippen molar-refractivity contribution in [2.24, 2.45) is 4.99 Å². The Labute approximate surface area is 226 Å². The minimum absolute atomic E-state index is 0.0199. The van der Waals surface area contributed by atoms with E-state index in [1.165, 1.54) is 11.8 Å². The van der Waals surface area contributed by atoms with Crippen molar-refractivity contribution in [1.82, 2.24) is 9.47 Å². The van der Waals surface area contributed by atoms with Gasteiger partial charge in [0.25, 0.3) is 5.91 Å². The third kappa shape index (κ3) is 5.79. The molecule has 0 radical (unpaired) electrons. The molecular formula is C29H32BrN3O2S. The molecule has 0 N–H and O–H groups in total. The maximum absolute atomic E-state index is 13.2. The molecule has 0 bridgehead atoms. The van der Waals surface area contributed by atoms with Gasteiger partial charge in [0.1, 0.15) is 12.4 Å². The van der Waals surface area contributed by atoms with Gasteiger partial charge in [-0.1, -0.05) is 28.1 Å². The number of aryl methyl sites for hydroxylation is 1. The molecule has 5 nitrogen and oxygen atoms in total. The lowest BCUT2D eigenvalue weighted by Crippen LogP contribution is -2.35. The van der Waals surface area contributed by atoms with Crippen molar-refractivity contribution < 1.29 is 9.53 Å². The first kappa shape index (κ1) is 26.3. The van der Waals surface area contributed by atoms with Gasteiger partial charge in [-0.05, 0) is 113 Å². The summed E-state index contributed by atoms with van der Waals surface area (Å²) in [5, 5.41) is 0.781. The number of aliphatic imine (C=N–C) groups is 1. The Balaban J connectivity index is 1.55. The average Bonchev–Trinajstić information content (AvgIpc) is 3.28.